The Hall–Kier alpha value is -0.560. The van der Waals surface area contributed by atoms with Crippen molar-refractivity contribution in [2.45, 2.75) is 43.1 Å². The van der Waals surface area contributed by atoms with Crippen molar-refractivity contribution in [1.82, 2.24) is 0 Å². The molecule has 68 valence electrons. The largest absolute Gasteiger partial charge is 0.227 e. The maximum Gasteiger partial charge on any atom is 0.169 e. The van der Waals surface area contributed by atoms with E-state index < -0.39 is 15.1 Å². The van der Waals surface area contributed by atoms with Crippen LogP contribution in [0.4, 0.5) is 0 Å². The highest BCUT2D eigenvalue weighted by Crippen LogP contribution is 2.26. The highest BCUT2D eigenvalue weighted by Gasteiger charge is 2.33. The third-order valence-electron chi connectivity index (χ3n) is 2.44. The maximum atomic E-state index is 11.5. The second-order valence-corrected chi connectivity index (χ2v) is 5.82. The third kappa shape index (κ3) is 1.61. The Morgan fingerprint density at radius 2 is 1.92 bits per heavy atom. The molecule has 1 fully saturated rings. The SMILES string of the molecule is CC(C#N)S(=O)(=O)C1CCCC1. The van der Waals surface area contributed by atoms with E-state index in [2.05, 4.69) is 0 Å². The molecule has 1 aliphatic rings. The lowest BCUT2D eigenvalue weighted by Gasteiger charge is -2.11. The van der Waals surface area contributed by atoms with Gasteiger partial charge in [0.1, 0.15) is 5.25 Å². The number of sulfone groups is 1. The quantitative estimate of drug-likeness (QED) is 0.653. The first-order chi connectivity index (χ1) is 5.59. The monoisotopic (exact) mass is 187 g/mol. The average Bonchev–Trinajstić information content (AvgIpc) is 2.55. The van der Waals surface area contributed by atoms with Crippen molar-refractivity contribution < 1.29 is 8.42 Å². The minimum Gasteiger partial charge on any atom is -0.227 e. The second kappa shape index (κ2) is 3.44. The van der Waals surface area contributed by atoms with E-state index in [0.717, 1.165) is 25.7 Å². The lowest BCUT2D eigenvalue weighted by molar-refractivity contribution is 0.575. The summed E-state index contributed by atoms with van der Waals surface area (Å²) in [5.41, 5.74) is 0. The van der Waals surface area contributed by atoms with Gasteiger partial charge in [-0.1, -0.05) is 12.8 Å². The summed E-state index contributed by atoms with van der Waals surface area (Å²) < 4.78 is 23.1. The maximum absolute atomic E-state index is 11.5. The van der Waals surface area contributed by atoms with Crippen LogP contribution in [0, 0.1) is 11.3 Å². The molecule has 1 saturated carbocycles. The first-order valence-corrected chi connectivity index (χ1v) is 5.82. The van der Waals surface area contributed by atoms with Crippen LogP contribution in [0.1, 0.15) is 32.6 Å². The molecule has 0 amide bonds. The van der Waals surface area contributed by atoms with Crippen LogP contribution in [0.5, 0.6) is 0 Å². The van der Waals surface area contributed by atoms with Crippen molar-refractivity contribution >= 4 is 9.84 Å². The summed E-state index contributed by atoms with van der Waals surface area (Å²) in [6.07, 6.45) is 3.47. The fourth-order valence-electron chi connectivity index (χ4n) is 1.58. The molecule has 1 rings (SSSR count). The molecular weight excluding hydrogens is 174 g/mol. The molecule has 0 aromatic rings. The van der Waals surface area contributed by atoms with Crippen molar-refractivity contribution in [2.24, 2.45) is 0 Å². The Morgan fingerprint density at radius 3 is 2.33 bits per heavy atom. The topological polar surface area (TPSA) is 57.9 Å². The molecule has 0 bridgehead atoms. The van der Waals surface area contributed by atoms with Crippen molar-refractivity contribution in [3.63, 3.8) is 0 Å². The first kappa shape index (κ1) is 9.53. The summed E-state index contributed by atoms with van der Waals surface area (Å²) in [6.45, 7) is 1.47. The van der Waals surface area contributed by atoms with Crippen molar-refractivity contribution in [1.29, 1.82) is 5.26 Å². The molecule has 0 aromatic carbocycles. The molecule has 0 aromatic heterocycles. The minimum absolute atomic E-state index is 0.243. The van der Waals surface area contributed by atoms with E-state index in [-0.39, 0.29) is 5.25 Å². The normalized spacial score (nSPS) is 22.0. The van der Waals surface area contributed by atoms with Crippen LogP contribution < -0.4 is 0 Å². The molecule has 1 unspecified atom stereocenters. The molecular formula is C8H13NO2S. The number of nitrogens with zero attached hydrogens (tertiary/aromatic N) is 1. The van der Waals surface area contributed by atoms with Crippen LogP contribution >= 0.6 is 0 Å². The van der Waals surface area contributed by atoms with Gasteiger partial charge in [0.25, 0.3) is 0 Å². The van der Waals surface area contributed by atoms with Gasteiger partial charge in [-0.2, -0.15) is 5.26 Å². The summed E-state index contributed by atoms with van der Waals surface area (Å²) in [7, 11) is -3.15. The van der Waals surface area contributed by atoms with Gasteiger partial charge in [-0.25, -0.2) is 8.42 Å². The molecule has 0 spiro atoms. The van der Waals surface area contributed by atoms with Gasteiger partial charge in [-0.05, 0) is 19.8 Å². The molecule has 3 nitrogen and oxygen atoms in total. The molecule has 0 N–H and O–H groups in total. The van der Waals surface area contributed by atoms with Gasteiger partial charge < -0.3 is 0 Å². The number of rotatable bonds is 2. The minimum atomic E-state index is -3.15. The highest BCUT2D eigenvalue weighted by molar-refractivity contribution is 7.92. The Labute approximate surface area is 73.3 Å². The molecule has 0 heterocycles. The molecule has 4 heteroatoms. The van der Waals surface area contributed by atoms with E-state index in [4.69, 9.17) is 5.26 Å². The van der Waals surface area contributed by atoms with Crippen LogP contribution in [-0.4, -0.2) is 18.9 Å². The summed E-state index contributed by atoms with van der Waals surface area (Å²) in [4.78, 5) is 0. The Morgan fingerprint density at radius 1 is 1.42 bits per heavy atom. The summed E-state index contributed by atoms with van der Waals surface area (Å²) in [5.74, 6) is 0. The van der Waals surface area contributed by atoms with E-state index in [0.29, 0.717) is 0 Å². The van der Waals surface area contributed by atoms with E-state index >= 15 is 0 Å². The van der Waals surface area contributed by atoms with Gasteiger partial charge in [0, 0.05) is 0 Å². The summed E-state index contributed by atoms with van der Waals surface area (Å²) >= 11 is 0. The summed E-state index contributed by atoms with van der Waals surface area (Å²) in [6, 6.07) is 1.79. The number of hydrogen-bond acceptors (Lipinski definition) is 3. The van der Waals surface area contributed by atoms with Crippen molar-refractivity contribution in [2.75, 3.05) is 0 Å². The molecule has 0 aliphatic heterocycles. The molecule has 1 aliphatic carbocycles. The Kier molecular flexibility index (Phi) is 2.73. The number of nitriles is 1. The zero-order chi connectivity index (χ0) is 9.19. The zero-order valence-electron chi connectivity index (χ0n) is 7.16. The number of hydrogen-bond donors (Lipinski definition) is 0. The van der Waals surface area contributed by atoms with Crippen LogP contribution in [-0.2, 0) is 9.84 Å². The van der Waals surface area contributed by atoms with E-state index in [1.807, 2.05) is 0 Å². The van der Waals surface area contributed by atoms with Gasteiger partial charge in [0.05, 0.1) is 11.3 Å². The smallest absolute Gasteiger partial charge is 0.169 e. The van der Waals surface area contributed by atoms with Gasteiger partial charge in [-0.15, -0.1) is 0 Å². The zero-order valence-corrected chi connectivity index (χ0v) is 7.97. The Bertz CT molecular complexity index is 283. The first-order valence-electron chi connectivity index (χ1n) is 4.21. The molecule has 0 radical (unpaired) electrons. The predicted molar refractivity (Wildman–Crippen MR) is 46.3 cm³/mol. The highest BCUT2D eigenvalue weighted by atomic mass is 32.2. The average molecular weight is 187 g/mol. The van der Waals surface area contributed by atoms with Gasteiger partial charge >= 0.3 is 0 Å². The standard InChI is InChI=1S/C8H13NO2S/c1-7(6-9)12(10,11)8-4-2-3-5-8/h7-8H,2-5H2,1H3. The van der Waals surface area contributed by atoms with E-state index in [1.54, 1.807) is 6.07 Å². The van der Waals surface area contributed by atoms with Crippen molar-refractivity contribution in [3.8, 4) is 6.07 Å². The summed E-state index contributed by atoms with van der Waals surface area (Å²) in [5, 5.41) is 7.43. The van der Waals surface area contributed by atoms with E-state index in [1.165, 1.54) is 6.92 Å². The van der Waals surface area contributed by atoms with Gasteiger partial charge in [0.15, 0.2) is 9.84 Å². The molecule has 0 saturated heterocycles. The lowest BCUT2D eigenvalue weighted by Crippen LogP contribution is -2.27. The van der Waals surface area contributed by atoms with Crippen LogP contribution in [0.2, 0.25) is 0 Å². The van der Waals surface area contributed by atoms with Crippen molar-refractivity contribution in [3.05, 3.63) is 0 Å². The van der Waals surface area contributed by atoms with E-state index in [9.17, 15) is 8.42 Å². The Balaban J connectivity index is 2.79. The van der Waals surface area contributed by atoms with Gasteiger partial charge in [-0.3, -0.25) is 0 Å². The van der Waals surface area contributed by atoms with Gasteiger partial charge in [0.2, 0.25) is 0 Å². The van der Waals surface area contributed by atoms with Crippen LogP contribution in [0.15, 0.2) is 0 Å². The molecule has 1 atom stereocenters. The van der Waals surface area contributed by atoms with Crippen LogP contribution in [0.3, 0.4) is 0 Å². The lowest BCUT2D eigenvalue weighted by atomic mass is 10.4. The fourth-order valence-corrected chi connectivity index (χ4v) is 3.29. The fraction of sp³-hybridized carbons (Fsp3) is 0.875. The second-order valence-electron chi connectivity index (χ2n) is 3.27. The predicted octanol–water partition coefficient (Wildman–Crippen LogP) is 1.26. The van der Waals surface area contributed by atoms with Crippen LogP contribution in [0.25, 0.3) is 0 Å². The molecule has 12 heavy (non-hydrogen) atoms. The third-order valence-corrected chi connectivity index (χ3v) is 4.93.